The maximum atomic E-state index is 11.5. The molecule has 0 radical (unpaired) electrons. The molecule has 3 rings (SSSR count). The predicted molar refractivity (Wildman–Crippen MR) is 81.7 cm³/mol. The lowest BCUT2D eigenvalue weighted by atomic mass is 10.1. The van der Waals surface area contributed by atoms with Crippen molar-refractivity contribution in [3.8, 4) is 5.75 Å². The summed E-state index contributed by atoms with van der Waals surface area (Å²) in [5, 5.41) is 0. The standard InChI is InChI=1S/C16H13NO3S/c1-19-16(18)12-4-2-3-11(7-12)9-20-13-5-6-15-14(8-13)17-10-21-15/h2-8,10H,9H2,1H3. The Morgan fingerprint density at radius 3 is 3.00 bits per heavy atom. The van der Waals surface area contributed by atoms with Gasteiger partial charge >= 0.3 is 5.97 Å². The van der Waals surface area contributed by atoms with Crippen LogP contribution in [0.25, 0.3) is 10.2 Å². The van der Waals surface area contributed by atoms with Crippen LogP contribution in [0.2, 0.25) is 0 Å². The molecule has 0 unspecified atom stereocenters. The van der Waals surface area contributed by atoms with Crippen LogP contribution in [0, 0.1) is 0 Å². The minimum Gasteiger partial charge on any atom is -0.489 e. The number of hydrogen-bond donors (Lipinski definition) is 0. The van der Waals surface area contributed by atoms with Gasteiger partial charge < -0.3 is 9.47 Å². The molecular formula is C16H13NO3S. The first-order valence-corrected chi connectivity index (χ1v) is 7.27. The summed E-state index contributed by atoms with van der Waals surface area (Å²) in [6.07, 6.45) is 0. The van der Waals surface area contributed by atoms with Crippen LogP contribution in [0.3, 0.4) is 0 Å². The van der Waals surface area contributed by atoms with E-state index in [1.807, 2.05) is 35.8 Å². The van der Waals surface area contributed by atoms with E-state index in [0.29, 0.717) is 12.2 Å². The van der Waals surface area contributed by atoms with Gasteiger partial charge in [0.2, 0.25) is 0 Å². The fourth-order valence-corrected chi connectivity index (χ4v) is 2.66. The molecule has 0 spiro atoms. The second-order valence-electron chi connectivity index (χ2n) is 4.46. The molecule has 3 aromatic rings. The molecule has 106 valence electrons. The number of carbonyl (C=O) groups is 1. The Kier molecular flexibility index (Phi) is 3.83. The van der Waals surface area contributed by atoms with Crippen LogP contribution in [0.4, 0.5) is 0 Å². The summed E-state index contributed by atoms with van der Waals surface area (Å²) in [5.74, 6) is 0.414. The lowest BCUT2D eigenvalue weighted by Gasteiger charge is -2.07. The van der Waals surface area contributed by atoms with E-state index < -0.39 is 0 Å². The highest BCUT2D eigenvalue weighted by Gasteiger charge is 2.06. The first-order valence-electron chi connectivity index (χ1n) is 6.39. The van der Waals surface area contributed by atoms with Gasteiger partial charge in [0.25, 0.3) is 0 Å². The van der Waals surface area contributed by atoms with E-state index in [1.54, 1.807) is 23.5 Å². The van der Waals surface area contributed by atoms with Crippen molar-refractivity contribution in [2.24, 2.45) is 0 Å². The Labute approximate surface area is 126 Å². The largest absolute Gasteiger partial charge is 0.489 e. The summed E-state index contributed by atoms with van der Waals surface area (Å²) in [7, 11) is 1.37. The molecular weight excluding hydrogens is 286 g/mol. The van der Waals surface area contributed by atoms with Crippen molar-refractivity contribution in [2.45, 2.75) is 6.61 Å². The Bertz CT molecular complexity index is 782. The third-order valence-corrected chi connectivity index (χ3v) is 3.87. The van der Waals surface area contributed by atoms with Gasteiger partial charge in [-0.1, -0.05) is 12.1 Å². The first kappa shape index (κ1) is 13.6. The molecule has 2 aromatic carbocycles. The number of aromatic nitrogens is 1. The quantitative estimate of drug-likeness (QED) is 0.690. The lowest BCUT2D eigenvalue weighted by molar-refractivity contribution is 0.0600. The highest BCUT2D eigenvalue weighted by molar-refractivity contribution is 7.16. The monoisotopic (exact) mass is 299 g/mol. The molecule has 0 aliphatic heterocycles. The molecule has 0 fully saturated rings. The molecule has 0 N–H and O–H groups in total. The van der Waals surface area contributed by atoms with E-state index in [9.17, 15) is 4.79 Å². The summed E-state index contributed by atoms with van der Waals surface area (Å²) >= 11 is 1.60. The SMILES string of the molecule is COC(=O)c1cccc(COc2ccc3scnc3c2)c1. The van der Waals surface area contributed by atoms with Crippen molar-refractivity contribution < 1.29 is 14.3 Å². The number of esters is 1. The Hall–Kier alpha value is -2.40. The molecule has 0 amide bonds. The van der Waals surface area contributed by atoms with Crippen molar-refractivity contribution in [1.82, 2.24) is 4.98 Å². The average molecular weight is 299 g/mol. The van der Waals surface area contributed by atoms with Gasteiger partial charge in [0.1, 0.15) is 12.4 Å². The summed E-state index contributed by atoms with van der Waals surface area (Å²) in [6, 6.07) is 13.0. The average Bonchev–Trinajstić information content (AvgIpc) is 3.00. The van der Waals surface area contributed by atoms with Gasteiger partial charge in [-0.15, -0.1) is 11.3 Å². The molecule has 0 aliphatic rings. The molecule has 0 saturated heterocycles. The number of rotatable bonds is 4. The minimum atomic E-state index is -0.347. The lowest BCUT2D eigenvalue weighted by Crippen LogP contribution is -2.03. The fraction of sp³-hybridized carbons (Fsp3) is 0.125. The molecule has 1 heterocycles. The molecule has 0 bridgehead atoms. The summed E-state index contributed by atoms with van der Waals surface area (Å²) < 4.78 is 11.6. The molecule has 0 atom stereocenters. The second kappa shape index (κ2) is 5.93. The van der Waals surface area contributed by atoms with Crippen molar-refractivity contribution in [1.29, 1.82) is 0 Å². The van der Waals surface area contributed by atoms with E-state index >= 15 is 0 Å². The molecule has 1 aromatic heterocycles. The Morgan fingerprint density at radius 2 is 2.14 bits per heavy atom. The van der Waals surface area contributed by atoms with Crippen LogP contribution in [-0.2, 0) is 11.3 Å². The van der Waals surface area contributed by atoms with Crippen LogP contribution in [-0.4, -0.2) is 18.1 Å². The molecule has 5 heteroatoms. The molecule has 21 heavy (non-hydrogen) atoms. The molecule has 0 saturated carbocycles. The number of benzene rings is 2. The number of nitrogens with zero attached hydrogens (tertiary/aromatic N) is 1. The van der Waals surface area contributed by atoms with Gasteiger partial charge in [-0.05, 0) is 29.8 Å². The molecule has 0 aliphatic carbocycles. The normalized spacial score (nSPS) is 10.5. The highest BCUT2D eigenvalue weighted by atomic mass is 32.1. The zero-order valence-corrected chi connectivity index (χ0v) is 12.2. The Morgan fingerprint density at radius 1 is 1.24 bits per heavy atom. The van der Waals surface area contributed by atoms with Crippen molar-refractivity contribution >= 4 is 27.5 Å². The van der Waals surface area contributed by atoms with Crippen molar-refractivity contribution in [2.75, 3.05) is 7.11 Å². The summed E-state index contributed by atoms with van der Waals surface area (Å²) in [6.45, 7) is 0.389. The van der Waals surface area contributed by atoms with Crippen LogP contribution in [0.15, 0.2) is 48.0 Å². The smallest absolute Gasteiger partial charge is 0.337 e. The minimum absolute atomic E-state index is 0.347. The van der Waals surface area contributed by atoms with Gasteiger partial charge in [0.15, 0.2) is 0 Å². The van der Waals surface area contributed by atoms with Gasteiger partial charge in [-0.2, -0.15) is 0 Å². The van der Waals surface area contributed by atoms with E-state index in [0.717, 1.165) is 21.5 Å². The second-order valence-corrected chi connectivity index (χ2v) is 5.35. The first-order chi connectivity index (χ1) is 10.3. The molecule has 4 nitrogen and oxygen atoms in total. The van der Waals surface area contributed by atoms with Gasteiger partial charge in [-0.3, -0.25) is 0 Å². The zero-order chi connectivity index (χ0) is 14.7. The maximum absolute atomic E-state index is 11.5. The number of carbonyl (C=O) groups excluding carboxylic acids is 1. The zero-order valence-electron chi connectivity index (χ0n) is 11.4. The van der Waals surface area contributed by atoms with Crippen molar-refractivity contribution in [3.05, 3.63) is 59.1 Å². The van der Waals surface area contributed by atoms with Crippen LogP contribution in [0.5, 0.6) is 5.75 Å². The van der Waals surface area contributed by atoms with E-state index in [-0.39, 0.29) is 5.97 Å². The fourth-order valence-electron chi connectivity index (χ4n) is 2.00. The van der Waals surface area contributed by atoms with Crippen LogP contribution >= 0.6 is 11.3 Å². The van der Waals surface area contributed by atoms with Crippen LogP contribution < -0.4 is 4.74 Å². The highest BCUT2D eigenvalue weighted by Crippen LogP contribution is 2.23. The van der Waals surface area contributed by atoms with Crippen molar-refractivity contribution in [3.63, 3.8) is 0 Å². The van der Waals surface area contributed by atoms with Crippen LogP contribution in [0.1, 0.15) is 15.9 Å². The van der Waals surface area contributed by atoms with Gasteiger partial charge in [0, 0.05) is 6.07 Å². The van der Waals surface area contributed by atoms with Gasteiger partial charge in [0.05, 0.1) is 28.4 Å². The third kappa shape index (κ3) is 3.03. The topological polar surface area (TPSA) is 48.4 Å². The summed E-state index contributed by atoms with van der Waals surface area (Å²) in [4.78, 5) is 15.7. The number of thiazole rings is 1. The van der Waals surface area contributed by atoms with E-state index in [2.05, 4.69) is 4.98 Å². The maximum Gasteiger partial charge on any atom is 0.337 e. The summed E-state index contributed by atoms with van der Waals surface area (Å²) in [5.41, 5.74) is 4.18. The number of methoxy groups -OCH3 is 1. The van der Waals surface area contributed by atoms with Gasteiger partial charge in [-0.25, -0.2) is 9.78 Å². The number of fused-ring (bicyclic) bond motifs is 1. The number of ether oxygens (including phenoxy) is 2. The Balaban J connectivity index is 1.73. The predicted octanol–water partition coefficient (Wildman–Crippen LogP) is 3.66. The number of hydrogen-bond acceptors (Lipinski definition) is 5. The van der Waals surface area contributed by atoms with E-state index in [4.69, 9.17) is 9.47 Å². The third-order valence-electron chi connectivity index (χ3n) is 3.06. The van der Waals surface area contributed by atoms with E-state index in [1.165, 1.54) is 7.11 Å².